The third-order valence-corrected chi connectivity index (χ3v) is 5.45. The predicted molar refractivity (Wildman–Crippen MR) is 120 cm³/mol. The van der Waals surface area contributed by atoms with Crippen molar-refractivity contribution in [1.82, 2.24) is 20.0 Å². The Morgan fingerprint density at radius 3 is 2.62 bits per heavy atom. The van der Waals surface area contributed by atoms with Gasteiger partial charge in [0.05, 0.1) is 31.7 Å². The zero-order chi connectivity index (χ0) is 22.3. The van der Waals surface area contributed by atoms with Crippen molar-refractivity contribution in [3.05, 3.63) is 66.1 Å². The van der Waals surface area contributed by atoms with Crippen LogP contribution in [-0.4, -0.2) is 67.1 Å². The lowest BCUT2D eigenvalue weighted by Crippen LogP contribution is -2.38. The monoisotopic (exact) mass is 438 g/mol. The molecule has 2 aromatic carbocycles. The van der Waals surface area contributed by atoms with Crippen molar-refractivity contribution in [1.29, 1.82) is 0 Å². The number of ether oxygens (including phenoxy) is 2. The van der Waals surface area contributed by atoms with Crippen molar-refractivity contribution in [2.24, 2.45) is 0 Å². The SMILES string of the molecule is COc1ccc(-n2nc(-c3ccccc3F)cc2C(=O)NCCCN2CCOCC2)cc1. The minimum Gasteiger partial charge on any atom is -0.497 e. The molecule has 0 atom stereocenters. The smallest absolute Gasteiger partial charge is 0.270 e. The van der Waals surface area contributed by atoms with E-state index in [0.717, 1.165) is 39.3 Å². The molecule has 0 radical (unpaired) electrons. The number of carbonyl (C=O) groups is 1. The van der Waals surface area contributed by atoms with Crippen LogP contribution in [0.2, 0.25) is 0 Å². The summed E-state index contributed by atoms with van der Waals surface area (Å²) in [6.45, 7) is 4.80. The molecule has 2 heterocycles. The van der Waals surface area contributed by atoms with Gasteiger partial charge in [-0.25, -0.2) is 9.07 Å². The van der Waals surface area contributed by atoms with E-state index in [1.165, 1.54) is 6.07 Å². The number of nitrogens with one attached hydrogen (secondary N) is 1. The van der Waals surface area contributed by atoms with E-state index in [1.807, 2.05) is 12.1 Å². The number of carbonyl (C=O) groups excluding carboxylic acids is 1. The Bertz CT molecular complexity index is 1050. The molecule has 1 amide bonds. The third-order valence-electron chi connectivity index (χ3n) is 5.45. The fourth-order valence-corrected chi connectivity index (χ4v) is 3.68. The van der Waals surface area contributed by atoms with Gasteiger partial charge in [-0.05, 0) is 55.4 Å². The summed E-state index contributed by atoms with van der Waals surface area (Å²) in [7, 11) is 1.59. The highest BCUT2D eigenvalue weighted by atomic mass is 19.1. The Morgan fingerprint density at radius 1 is 1.16 bits per heavy atom. The Labute approximate surface area is 186 Å². The maximum atomic E-state index is 14.4. The number of nitrogens with zero attached hydrogens (tertiary/aromatic N) is 3. The highest BCUT2D eigenvalue weighted by Crippen LogP contribution is 2.25. The largest absolute Gasteiger partial charge is 0.497 e. The first-order valence-corrected chi connectivity index (χ1v) is 10.7. The molecule has 1 aliphatic heterocycles. The van der Waals surface area contributed by atoms with E-state index in [4.69, 9.17) is 9.47 Å². The van der Waals surface area contributed by atoms with Crippen molar-refractivity contribution < 1.29 is 18.7 Å². The molecule has 1 aromatic heterocycles. The third kappa shape index (κ3) is 5.15. The lowest BCUT2D eigenvalue weighted by Gasteiger charge is -2.26. The van der Waals surface area contributed by atoms with Gasteiger partial charge in [-0.2, -0.15) is 5.10 Å². The highest BCUT2D eigenvalue weighted by Gasteiger charge is 2.19. The number of methoxy groups -OCH3 is 1. The first-order chi connectivity index (χ1) is 15.7. The van der Waals surface area contributed by atoms with Gasteiger partial charge in [-0.1, -0.05) is 12.1 Å². The number of benzene rings is 2. The molecule has 0 saturated carbocycles. The molecular weight excluding hydrogens is 411 g/mol. The van der Waals surface area contributed by atoms with E-state index in [9.17, 15) is 9.18 Å². The molecule has 0 aliphatic carbocycles. The van der Waals surface area contributed by atoms with E-state index < -0.39 is 0 Å². The summed E-state index contributed by atoms with van der Waals surface area (Å²) in [6.07, 6.45) is 0.836. The lowest BCUT2D eigenvalue weighted by atomic mass is 10.1. The number of rotatable bonds is 8. The van der Waals surface area contributed by atoms with Crippen LogP contribution in [0.15, 0.2) is 54.6 Å². The second-order valence-corrected chi connectivity index (χ2v) is 7.57. The molecule has 3 aromatic rings. The first kappa shape index (κ1) is 22.0. The van der Waals surface area contributed by atoms with Crippen LogP contribution in [-0.2, 0) is 4.74 Å². The minimum absolute atomic E-state index is 0.252. The summed E-state index contributed by atoms with van der Waals surface area (Å²) in [5, 5.41) is 7.52. The first-order valence-electron chi connectivity index (χ1n) is 10.7. The number of hydrogen-bond acceptors (Lipinski definition) is 5. The molecule has 1 fully saturated rings. The van der Waals surface area contributed by atoms with Crippen molar-refractivity contribution in [3.63, 3.8) is 0 Å². The second-order valence-electron chi connectivity index (χ2n) is 7.57. The fraction of sp³-hybridized carbons (Fsp3) is 0.333. The standard InChI is InChI=1S/C24H27FN4O3/c1-31-19-9-7-18(8-10-19)29-23(17-22(27-29)20-5-2-3-6-21(20)25)24(30)26-11-4-12-28-13-15-32-16-14-28/h2-3,5-10,17H,4,11-16H2,1H3,(H,26,30). The van der Waals surface area contributed by atoms with Gasteiger partial charge in [0.25, 0.3) is 5.91 Å². The molecule has 0 bridgehead atoms. The topological polar surface area (TPSA) is 68.6 Å². The number of morpholine rings is 1. The molecule has 0 spiro atoms. The summed E-state index contributed by atoms with van der Waals surface area (Å²) in [6, 6.07) is 15.2. The summed E-state index contributed by atoms with van der Waals surface area (Å²) < 4.78 is 26.5. The molecule has 1 N–H and O–H groups in total. The molecule has 168 valence electrons. The summed E-state index contributed by atoms with van der Waals surface area (Å²) in [5.74, 6) is 0.0617. The molecule has 4 rings (SSSR count). The predicted octanol–water partition coefficient (Wildman–Crippen LogP) is 3.14. The average molecular weight is 439 g/mol. The van der Waals surface area contributed by atoms with Gasteiger partial charge >= 0.3 is 0 Å². The Kier molecular flexibility index (Phi) is 7.14. The van der Waals surface area contributed by atoms with Crippen LogP contribution in [0.25, 0.3) is 16.9 Å². The number of amides is 1. The quantitative estimate of drug-likeness (QED) is 0.548. The van der Waals surface area contributed by atoms with Crippen molar-refractivity contribution >= 4 is 5.91 Å². The molecule has 32 heavy (non-hydrogen) atoms. The molecule has 7 nitrogen and oxygen atoms in total. The van der Waals surface area contributed by atoms with Gasteiger partial charge in [0, 0.05) is 25.2 Å². The minimum atomic E-state index is -0.385. The highest BCUT2D eigenvalue weighted by molar-refractivity contribution is 5.94. The van der Waals surface area contributed by atoms with E-state index in [0.29, 0.717) is 34.9 Å². The van der Waals surface area contributed by atoms with Crippen molar-refractivity contribution in [2.75, 3.05) is 46.5 Å². The van der Waals surface area contributed by atoms with Gasteiger partial charge in [0.1, 0.15) is 17.3 Å². The van der Waals surface area contributed by atoms with Crippen LogP contribution in [0.1, 0.15) is 16.9 Å². The van der Waals surface area contributed by atoms with Crippen LogP contribution >= 0.6 is 0 Å². The molecular formula is C24H27FN4O3. The van der Waals surface area contributed by atoms with E-state index in [1.54, 1.807) is 48.2 Å². The van der Waals surface area contributed by atoms with Crippen molar-refractivity contribution in [3.8, 4) is 22.7 Å². The fourth-order valence-electron chi connectivity index (χ4n) is 3.68. The van der Waals surface area contributed by atoms with Gasteiger partial charge in [-0.15, -0.1) is 0 Å². The van der Waals surface area contributed by atoms with E-state index in [-0.39, 0.29) is 11.7 Å². The van der Waals surface area contributed by atoms with Gasteiger partial charge in [0.2, 0.25) is 0 Å². The summed E-state index contributed by atoms with van der Waals surface area (Å²) in [4.78, 5) is 15.3. The van der Waals surface area contributed by atoms with E-state index >= 15 is 0 Å². The van der Waals surface area contributed by atoms with Crippen LogP contribution in [0.4, 0.5) is 4.39 Å². The molecule has 1 aliphatic rings. The Hall–Kier alpha value is -3.23. The van der Waals surface area contributed by atoms with E-state index in [2.05, 4.69) is 15.3 Å². The van der Waals surface area contributed by atoms with Crippen LogP contribution < -0.4 is 10.1 Å². The number of halogens is 1. The molecule has 0 unspecified atom stereocenters. The second kappa shape index (κ2) is 10.4. The zero-order valence-corrected chi connectivity index (χ0v) is 18.1. The maximum absolute atomic E-state index is 14.4. The Morgan fingerprint density at radius 2 is 1.91 bits per heavy atom. The maximum Gasteiger partial charge on any atom is 0.270 e. The van der Waals surface area contributed by atoms with Crippen LogP contribution in [0.3, 0.4) is 0 Å². The van der Waals surface area contributed by atoms with Gasteiger partial charge in [-0.3, -0.25) is 9.69 Å². The van der Waals surface area contributed by atoms with Gasteiger partial charge in [0.15, 0.2) is 0 Å². The normalized spacial score (nSPS) is 14.3. The summed E-state index contributed by atoms with van der Waals surface area (Å²) >= 11 is 0. The summed E-state index contributed by atoms with van der Waals surface area (Å²) in [5.41, 5.74) is 1.78. The molecule has 1 saturated heterocycles. The number of hydrogen-bond donors (Lipinski definition) is 1. The van der Waals surface area contributed by atoms with Crippen LogP contribution in [0, 0.1) is 5.82 Å². The van der Waals surface area contributed by atoms with Crippen molar-refractivity contribution in [2.45, 2.75) is 6.42 Å². The number of aromatic nitrogens is 2. The van der Waals surface area contributed by atoms with Crippen LogP contribution in [0.5, 0.6) is 5.75 Å². The average Bonchev–Trinajstić information content (AvgIpc) is 3.28. The molecule has 8 heteroatoms. The zero-order valence-electron chi connectivity index (χ0n) is 18.1. The lowest BCUT2D eigenvalue weighted by molar-refractivity contribution is 0.0374. The Balaban J connectivity index is 1.53. The van der Waals surface area contributed by atoms with Gasteiger partial charge < -0.3 is 14.8 Å².